The molecule has 0 amide bonds. The van der Waals surface area contributed by atoms with Gasteiger partial charge in [0.25, 0.3) is 0 Å². The van der Waals surface area contributed by atoms with Crippen LogP contribution in [-0.2, 0) is 13.1 Å². The van der Waals surface area contributed by atoms with Crippen LogP contribution in [0.2, 0.25) is 0 Å². The van der Waals surface area contributed by atoms with Crippen molar-refractivity contribution in [2.24, 2.45) is 4.99 Å². The van der Waals surface area contributed by atoms with Crippen molar-refractivity contribution in [3.8, 4) is 17.2 Å². The lowest BCUT2D eigenvalue weighted by Gasteiger charge is -2.16. The summed E-state index contributed by atoms with van der Waals surface area (Å²) in [5.41, 5.74) is 3.12. The van der Waals surface area contributed by atoms with E-state index in [4.69, 9.17) is 14.2 Å². The van der Waals surface area contributed by atoms with Gasteiger partial charge in [-0.15, -0.1) is 24.0 Å². The van der Waals surface area contributed by atoms with Crippen molar-refractivity contribution in [3.05, 3.63) is 59.8 Å². The number of ether oxygens (including phenoxy) is 3. The third-order valence-electron chi connectivity index (χ3n) is 4.59. The van der Waals surface area contributed by atoms with Gasteiger partial charge in [-0.25, -0.2) is 0 Å². The Balaban J connectivity index is 0.00000320. The maximum Gasteiger partial charge on any atom is 0.203 e. The molecule has 0 unspecified atom stereocenters. The molecule has 1 heterocycles. The number of hydrogen-bond donors (Lipinski definition) is 2. The zero-order valence-corrected chi connectivity index (χ0v) is 19.9. The van der Waals surface area contributed by atoms with E-state index >= 15 is 0 Å². The van der Waals surface area contributed by atoms with Crippen LogP contribution < -0.4 is 24.8 Å². The lowest BCUT2D eigenvalue weighted by atomic mass is 10.1. The summed E-state index contributed by atoms with van der Waals surface area (Å²) in [5, 5.41) is 7.79. The van der Waals surface area contributed by atoms with Crippen LogP contribution in [0.1, 0.15) is 11.1 Å². The van der Waals surface area contributed by atoms with E-state index in [0.717, 1.165) is 22.0 Å². The summed E-state index contributed by atoms with van der Waals surface area (Å²) >= 11 is 0. The Hall–Kier alpha value is -2.75. The molecule has 0 radical (unpaired) electrons. The number of halogens is 1. The van der Waals surface area contributed by atoms with Crippen molar-refractivity contribution < 1.29 is 14.2 Å². The maximum absolute atomic E-state index is 5.41. The highest BCUT2D eigenvalue weighted by Gasteiger charge is 2.13. The molecule has 0 aliphatic heterocycles. The standard InChI is InChI=1S/C22H26N4O3.HI/c1-23-22(26-14-16-9-10-24-18-8-6-5-7-17(16)18)25-13-15-11-19(27-2)21(29-4)20(12-15)28-3;/h5-12H,13-14H2,1-4H3,(H2,23,25,26);1H. The van der Waals surface area contributed by atoms with Gasteiger partial charge in [0.1, 0.15) is 0 Å². The number of aliphatic imine (C=N–C) groups is 1. The van der Waals surface area contributed by atoms with Crippen molar-refractivity contribution >= 4 is 40.8 Å². The number of guanidine groups is 1. The third-order valence-corrected chi connectivity index (χ3v) is 4.59. The highest BCUT2D eigenvalue weighted by atomic mass is 127. The normalized spacial score (nSPS) is 10.9. The summed E-state index contributed by atoms with van der Waals surface area (Å²) in [6.45, 7) is 1.19. The molecule has 0 bridgehead atoms. The lowest BCUT2D eigenvalue weighted by molar-refractivity contribution is 0.323. The first-order chi connectivity index (χ1) is 14.2. The van der Waals surface area contributed by atoms with Gasteiger partial charge >= 0.3 is 0 Å². The molecule has 0 fully saturated rings. The zero-order valence-electron chi connectivity index (χ0n) is 17.6. The first-order valence-electron chi connectivity index (χ1n) is 9.26. The molecule has 2 aromatic carbocycles. The molecule has 0 atom stereocenters. The van der Waals surface area contributed by atoms with Crippen molar-refractivity contribution in [2.75, 3.05) is 28.4 Å². The second-order valence-electron chi connectivity index (χ2n) is 6.30. The molecule has 0 saturated heterocycles. The van der Waals surface area contributed by atoms with Gasteiger partial charge < -0.3 is 24.8 Å². The second-order valence-corrected chi connectivity index (χ2v) is 6.30. The molecule has 0 aliphatic carbocycles. The quantitative estimate of drug-likeness (QED) is 0.280. The van der Waals surface area contributed by atoms with Crippen molar-refractivity contribution in [3.63, 3.8) is 0 Å². The fourth-order valence-electron chi connectivity index (χ4n) is 3.13. The fourth-order valence-corrected chi connectivity index (χ4v) is 3.13. The summed E-state index contributed by atoms with van der Waals surface area (Å²) in [7, 11) is 6.55. The Kier molecular flexibility index (Phi) is 8.97. The molecule has 3 rings (SSSR count). The van der Waals surface area contributed by atoms with Crippen LogP contribution in [-0.4, -0.2) is 39.3 Å². The maximum atomic E-state index is 5.41. The fraction of sp³-hybridized carbons (Fsp3) is 0.273. The van der Waals surface area contributed by atoms with Crippen LogP contribution in [0, 0.1) is 0 Å². The number of nitrogens with one attached hydrogen (secondary N) is 2. The number of pyridine rings is 1. The molecule has 160 valence electrons. The summed E-state index contributed by atoms with van der Waals surface area (Å²) < 4.78 is 16.2. The van der Waals surface area contributed by atoms with Gasteiger partial charge in [0, 0.05) is 31.7 Å². The minimum Gasteiger partial charge on any atom is -0.493 e. The number of fused-ring (bicyclic) bond motifs is 1. The average molecular weight is 522 g/mol. The second kappa shape index (κ2) is 11.4. The first kappa shape index (κ1) is 23.5. The van der Waals surface area contributed by atoms with E-state index in [2.05, 4.69) is 26.7 Å². The van der Waals surface area contributed by atoms with Gasteiger partial charge in [-0.05, 0) is 35.4 Å². The minimum absolute atomic E-state index is 0. The van der Waals surface area contributed by atoms with E-state index in [1.54, 1.807) is 28.4 Å². The average Bonchev–Trinajstić information content (AvgIpc) is 2.78. The monoisotopic (exact) mass is 522 g/mol. The molecule has 0 saturated carbocycles. The van der Waals surface area contributed by atoms with E-state index in [0.29, 0.717) is 36.3 Å². The Morgan fingerprint density at radius 1 is 0.933 bits per heavy atom. The first-order valence-corrected chi connectivity index (χ1v) is 9.26. The molecular weight excluding hydrogens is 495 g/mol. The Bertz CT molecular complexity index is 980. The molecule has 2 N–H and O–H groups in total. The number of aromatic nitrogens is 1. The topological polar surface area (TPSA) is 77.0 Å². The summed E-state index contributed by atoms with van der Waals surface area (Å²) in [6, 6.07) is 13.9. The molecule has 7 nitrogen and oxygen atoms in total. The Labute approximate surface area is 193 Å². The Morgan fingerprint density at radius 2 is 1.60 bits per heavy atom. The number of nitrogens with zero attached hydrogens (tertiary/aromatic N) is 2. The van der Waals surface area contributed by atoms with Crippen LogP contribution in [0.15, 0.2) is 53.7 Å². The molecule has 3 aromatic rings. The van der Waals surface area contributed by atoms with Crippen LogP contribution in [0.5, 0.6) is 17.2 Å². The van der Waals surface area contributed by atoms with Gasteiger partial charge in [0.15, 0.2) is 17.5 Å². The molecule has 1 aromatic heterocycles. The number of benzene rings is 2. The number of rotatable bonds is 7. The van der Waals surface area contributed by atoms with Gasteiger partial charge in [-0.3, -0.25) is 9.98 Å². The molecule has 0 spiro atoms. The third kappa shape index (κ3) is 5.44. The van der Waals surface area contributed by atoms with E-state index in [9.17, 15) is 0 Å². The van der Waals surface area contributed by atoms with E-state index < -0.39 is 0 Å². The number of methoxy groups -OCH3 is 3. The predicted octanol–water partition coefficient (Wildman–Crippen LogP) is 3.74. The summed E-state index contributed by atoms with van der Waals surface area (Å²) in [6.07, 6.45) is 1.82. The SMILES string of the molecule is CN=C(NCc1cc(OC)c(OC)c(OC)c1)NCc1ccnc2ccccc12.I. The highest BCUT2D eigenvalue weighted by Crippen LogP contribution is 2.38. The van der Waals surface area contributed by atoms with Crippen molar-refractivity contribution in [1.29, 1.82) is 0 Å². The van der Waals surface area contributed by atoms with E-state index in [1.165, 1.54) is 0 Å². The number of hydrogen-bond acceptors (Lipinski definition) is 5. The summed E-state index contributed by atoms with van der Waals surface area (Å²) in [5.74, 6) is 2.51. The minimum atomic E-state index is 0. The van der Waals surface area contributed by atoms with Crippen molar-refractivity contribution in [2.45, 2.75) is 13.1 Å². The van der Waals surface area contributed by atoms with Crippen LogP contribution in [0.4, 0.5) is 0 Å². The smallest absolute Gasteiger partial charge is 0.203 e. The molecule has 0 aliphatic rings. The number of para-hydroxylation sites is 1. The zero-order chi connectivity index (χ0) is 20.6. The van der Waals surface area contributed by atoms with Crippen LogP contribution >= 0.6 is 24.0 Å². The summed E-state index contributed by atoms with van der Waals surface area (Å²) in [4.78, 5) is 8.71. The van der Waals surface area contributed by atoms with Crippen molar-refractivity contribution in [1.82, 2.24) is 15.6 Å². The predicted molar refractivity (Wildman–Crippen MR) is 130 cm³/mol. The van der Waals surface area contributed by atoms with Gasteiger partial charge in [-0.2, -0.15) is 0 Å². The van der Waals surface area contributed by atoms with Crippen LogP contribution in [0.25, 0.3) is 10.9 Å². The Morgan fingerprint density at radius 3 is 2.23 bits per heavy atom. The van der Waals surface area contributed by atoms with E-state index in [1.807, 2.05) is 42.6 Å². The largest absolute Gasteiger partial charge is 0.493 e. The molecule has 8 heteroatoms. The highest BCUT2D eigenvalue weighted by molar-refractivity contribution is 14.0. The van der Waals surface area contributed by atoms with Gasteiger partial charge in [0.2, 0.25) is 5.75 Å². The molecular formula is C22H27IN4O3. The van der Waals surface area contributed by atoms with Gasteiger partial charge in [-0.1, -0.05) is 18.2 Å². The lowest BCUT2D eigenvalue weighted by Crippen LogP contribution is -2.36. The van der Waals surface area contributed by atoms with Crippen LogP contribution in [0.3, 0.4) is 0 Å². The van der Waals surface area contributed by atoms with Gasteiger partial charge in [0.05, 0.1) is 26.8 Å². The van der Waals surface area contributed by atoms with E-state index in [-0.39, 0.29) is 24.0 Å². The molecule has 30 heavy (non-hydrogen) atoms.